The van der Waals surface area contributed by atoms with Gasteiger partial charge in [0.1, 0.15) is 0 Å². The number of nitrogens with one attached hydrogen (secondary N) is 1. The lowest BCUT2D eigenvalue weighted by atomic mass is 10.2. The summed E-state index contributed by atoms with van der Waals surface area (Å²) in [6, 6.07) is 3.24. The van der Waals surface area contributed by atoms with E-state index in [0.717, 1.165) is 0 Å². The highest BCUT2D eigenvalue weighted by molar-refractivity contribution is 9.10. The van der Waals surface area contributed by atoms with E-state index in [9.17, 15) is 4.79 Å². The van der Waals surface area contributed by atoms with Crippen LogP contribution in [0.1, 0.15) is 13.8 Å². The fraction of sp³-hybridized carbons (Fsp3) is 0.417. The second-order valence-corrected chi connectivity index (χ2v) is 5.58. The van der Waals surface area contributed by atoms with Crippen molar-refractivity contribution in [3.8, 4) is 5.75 Å². The van der Waals surface area contributed by atoms with E-state index < -0.39 is 0 Å². The minimum Gasteiger partial charge on any atom is -0.480 e. The molecule has 0 aromatic heterocycles. The van der Waals surface area contributed by atoms with Crippen molar-refractivity contribution < 1.29 is 9.53 Å². The minimum absolute atomic E-state index is 0.0723. The number of anilines is 1. The standard InChI is InChI=1S/C12H16BrClN2O2/c1-7(2)5-16-11(17)6-18-12-9(13)3-8(14)4-10(12)15/h3-4,7H,5-6,15H2,1-2H3,(H,16,17). The summed E-state index contributed by atoms with van der Waals surface area (Å²) >= 11 is 9.11. The van der Waals surface area contributed by atoms with Gasteiger partial charge in [-0.2, -0.15) is 0 Å². The van der Waals surface area contributed by atoms with Crippen LogP contribution in [0.2, 0.25) is 5.02 Å². The molecule has 0 spiro atoms. The second-order valence-electron chi connectivity index (χ2n) is 4.29. The highest BCUT2D eigenvalue weighted by Crippen LogP contribution is 2.34. The number of carbonyl (C=O) groups excluding carboxylic acids is 1. The van der Waals surface area contributed by atoms with Crippen LogP contribution in [0.25, 0.3) is 0 Å². The number of ether oxygens (including phenoxy) is 1. The van der Waals surface area contributed by atoms with Crippen LogP contribution in [0.5, 0.6) is 5.75 Å². The molecule has 4 nitrogen and oxygen atoms in total. The van der Waals surface area contributed by atoms with Crippen LogP contribution >= 0.6 is 27.5 Å². The van der Waals surface area contributed by atoms with E-state index in [1.54, 1.807) is 12.1 Å². The molecule has 0 bridgehead atoms. The smallest absolute Gasteiger partial charge is 0.257 e. The first-order chi connectivity index (χ1) is 8.40. The van der Waals surface area contributed by atoms with Crippen LogP contribution in [0.4, 0.5) is 5.69 Å². The highest BCUT2D eigenvalue weighted by Gasteiger charge is 2.10. The second kappa shape index (κ2) is 6.85. The van der Waals surface area contributed by atoms with E-state index >= 15 is 0 Å². The molecule has 0 fully saturated rings. The third-order valence-corrected chi connectivity index (χ3v) is 2.90. The lowest BCUT2D eigenvalue weighted by molar-refractivity contribution is -0.123. The summed E-state index contributed by atoms with van der Waals surface area (Å²) in [6.07, 6.45) is 0. The molecule has 0 radical (unpaired) electrons. The van der Waals surface area contributed by atoms with E-state index in [1.807, 2.05) is 13.8 Å². The first kappa shape index (κ1) is 15.1. The minimum atomic E-state index is -0.176. The summed E-state index contributed by atoms with van der Waals surface area (Å²) in [4.78, 5) is 11.5. The number of hydrogen-bond acceptors (Lipinski definition) is 3. The predicted octanol–water partition coefficient (Wildman–Crippen LogP) is 2.84. The van der Waals surface area contributed by atoms with E-state index in [2.05, 4.69) is 21.2 Å². The molecular formula is C12H16BrClN2O2. The third-order valence-electron chi connectivity index (χ3n) is 2.09. The molecule has 1 aromatic rings. The molecule has 0 aliphatic heterocycles. The Balaban J connectivity index is 2.56. The van der Waals surface area contributed by atoms with E-state index in [4.69, 9.17) is 22.1 Å². The zero-order chi connectivity index (χ0) is 13.7. The van der Waals surface area contributed by atoms with Gasteiger partial charge < -0.3 is 15.8 Å². The van der Waals surface area contributed by atoms with Gasteiger partial charge in [-0.3, -0.25) is 4.79 Å². The first-order valence-corrected chi connectivity index (χ1v) is 6.71. The van der Waals surface area contributed by atoms with Gasteiger partial charge in [-0.15, -0.1) is 0 Å². The molecule has 0 unspecified atom stereocenters. The molecule has 3 N–H and O–H groups in total. The van der Waals surface area contributed by atoms with Crippen molar-refractivity contribution in [1.29, 1.82) is 0 Å². The Labute approximate surface area is 120 Å². The average molecular weight is 336 g/mol. The van der Waals surface area contributed by atoms with Crippen LogP contribution in [0.3, 0.4) is 0 Å². The average Bonchev–Trinajstić information content (AvgIpc) is 2.24. The predicted molar refractivity (Wildman–Crippen MR) is 76.9 cm³/mol. The zero-order valence-corrected chi connectivity index (χ0v) is 12.6. The van der Waals surface area contributed by atoms with Crippen molar-refractivity contribution >= 4 is 39.1 Å². The number of hydrogen-bond donors (Lipinski definition) is 2. The van der Waals surface area contributed by atoms with Gasteiger partial charge in [0.05, 0.1) is 10.2 Å². The van der Waals surface area contributed by atoms with Gasteiger partial charge in [0, 0.05) is 11.6 Å². The van der Waals surface area contributed by atoms with E-state index in [1.165, 1.54) is 0 Å². The van der Waals surface area contributed by atoms with Crippen LogP contribution in [0.15, 0.2) is 16.6 Å². The Morgan fingerprint density at radius 2 is 2.22 bits per heavy atom. The van der Waals surface area contributed by atoms with Gasteiger partial charge >= 0.3 is 0 Å². The molecule has 0 saturated heterocycles. The van der Waals surface area contributed by atoms with Gasteiger partial charge in [0.2, 0.25) is 0 Å². The number of benzene rings is 1. The van der Waals surface area contributed by atoms with Gasteiger partial charge in [0.25, 0.3) is 5.91 Å². The van der Waals surface area contributed by atoms with Crippen molar-refractivity contribution in [2.75, 3.05) is 18.9 Å². The van der Waals surface area contributed by atoms with E-state index in [-0.39, 0.29) is 12.5 Å². The van der Waals surface area contributed by atoms with Crippen LogP contribution < -0.4 is 15.8 Å². The lowest BCUT2D eigenvalue weighted by Crippen LogP contribution is -2.31. The Hall–Kier alpha value is -0.940. The molecule has 18 heavy (non-hydrogen) atoms. The Bertz CT molecular complexity index is 415. The van der Waals surface area contributed by atoms with Crippen LogP contribution in [0, 0.1) is 5.92 Å². The zero-order valence-electron chi connectivity index (χ0n) is 10.3. The first-order valence-electron chi connectivity index (χ1n) is 5.54. The fourth-order valence-electron chi connectivity index (χ4n) is 1.24. The van der Waals surface area contributed by atoms with Gasteiger partial charge in [0.15, 0.2) is 12.4 Å². The quantitative estimate of drug-likeness (QED) is 0.813. The summed E-state index contributed by atoms with van der Waals surface area (Å²) in [5.41, 5.74) is 6.15. The number of amides is 1. The molecule has 0 aliphatic rings. The van der Waals surface area contributed by atoms with Gasteiger partial charge in [-0.1, -0.05) is 25.4 Å². The number of halogens is 2. The van der Waals surface area contributed by atoms with Crippen molar-refractivity contribution in [2.24, 2.45) is 5.92 Å². The van der Waals surface area contributed by atoms with Crippen LogP contribution in [-0.4, -0.2) is 19.1 Å². The number of nitrogen functional groups attached to an aromatic ring is 1. The fourth-order valence-corrected chi connectivity index (χ4v) is 2.19. The van der Waals surface area contributed by atoms with Crippen molar-refractivity contribution in [3.05, 3.63) is 21.6 Å². The van der Waals surface area contributed by atoms with Gasteiger partial charge in [-0.05, 0) is 34.0 Å². The summed E-state index contributed by atoms with van der Waals surface area (Å²) in [5, 5.41) is 3.27. The highest BCUT2D eigenvalue weighted by atomic mass is 79.9. The topological polar surface area (TPSA) is 64.3 Å². The molecule has 0 aliphatic carbocycles. The molecule has 1 amide bonds. The molecule has 1 rings (SSSR count). The monoisotopic (exact) mass is 334 g/mol. The van der Waals surface area contributed by atoms with Crippen molar-refractivity contribution in [2.45, 2.75) is 13.8 Å². The van der Waals surface area contributed by atoms with Gasteiger partial charge in [-0.25, -0.2) is 0 Å². The largest absolute Gasteiger partial charge is 0.480 e. The molecule has 0 heterocycles. The maximum atomic E-state index is 11.5. The lowest BCUT2D eigenvalue weighted by Gasteiger charge is -2.12. The van der Waals surface area contributed by atoms with Crippen LogP contribution in [-0.2, 0) is 4.79 Å². The Morgan fingerprint density at radius 3 is 2.78 bits per heavy atom. The molecule has 0 atom stereocenters. The molecule has 1 aromatic carbocycles. The van der Waals surface area contributed by atoms with E-state index in [0.29, 0.717) is 33.4 Å². The third kappa shape index (κ3) is 4.74. The Morgan fingerprint density at radius 1 is 1.56 bits per heavy atom. The normalized spacial score (nSPS) is 10.5. The molecule has 100 valence electrons. The SMILES string of the molecule is CC(C)CNC(=O)COc1c(N)cc(Cl)cc1Br. The number of rotatable bonds is 5. The summed E-state index contributed by atoms with van der Waals surface area (Å²) in [6.45, 7) is 4.60. The maximum absolute atomic E-state index is 11.5. The maximum Gasteiger partial charge on any atom is 0.257 e. The summed E-state index contributed by atoms with van der Waals surface area (Å²) in [5.74, 6) is 0.658. The van der Waals surface area contributed by atoms with Crippen molar-refractivity contribution in [1.82, 2.24) is 5.32 Å². The van der Waals surface area contributed by atoms with Crippen molar-refractivity contribution in [3.63, 3.8) is 0 Å². The molecule has 6 heteroatoms. The number of nitrogens with two attached hydrogens (primary N) is 1. The number of carbonyl (C=O) groups is 1. The summed E-state index contributed by atoms with van der Waals surface area (Å²) < 4.78 is 6.00. The molecular weight excluding hydrogens is 320 g/mol. The Kier molecular flexibility index (Phi) is 5.75. The molecule has 0 saturated carbocycles. The summed E-state index contributed by atoms with van der Waals surface area (Å²) in [7, 11) is 0.